The summed E-state index contributed by atoms with van der Waals surface area (Å²) in [5.74, 6) is 0. The Hall–Kier alpha value is -1.82. The molecule has 6 heteroatoms. The first kappa shape index (κ1) is 14.2. The van der Waals surface area contributed by atoms with Crippen molar-refractivity contribution in [3.8, 4) is 0 Å². The van der Waals surface area contributed by atoms with E-state index in [1.807, 2.05) is 6.92 Å². The Labute approximate surface area is 107 Å². The quantitative estimate of drug-likeness (QED) is 0.512. The molecule has 0 bridgehead atoms. The Morgan fingerprint density at radius 2 is 1.83 bits per heavy atom. The Morgan fingerprint density at radius 1 is 1.28 bits per heavy atom. The van der Waals surface area contributed by atoms with Gasteiger partial charge in [0.15, 0.2) is 0 Å². The average molecular weight is 268 g/mol. The van der Waals surface area contributed by atoms with Crippen LogP contribution in [0.1, 0.15) is 5.56 Å². The minimum absolute atomic E-state index is 0.0705. The number of allylic oxidation sites excluding steroid dienone is 1. The monoisotopic (exact) mass is 268 g/mol. The number of aryl methyl sites for hydroxylation is 1. The highest BCUT2D eigenvalue weighted by Crippen LogP contribution is 2.18. The Balaban J connectivity index is 3.30. The van der Waals surface area contributed by atoms with Crippen LogP contribution in [-0.4, -0.2) is 38.8 Å². The number of sulfone groups is 1. The lowest BCUT2D eigenvalue weighted by molar-refractivity contribution is 0.322. The van der Waals surface area contributed by atoms with Gasteiger partial charge in [0.1, 0.15) is 4.91 Å². The van der Waals surface area contributed by atoms with E-state index in [9.17, 15) is 8.42 Å². The zero-order valence-electron chi connectivity index (χ0n) is 10.5. The lowest BCUT2D eigenvalue weighted by Gasteiger charge is -2.09. The normalized spacial score (nSPS) is 12.9. The fraction of sp³-hybridized carbons (Fsp3) is 0.250. The lowest BCUT2D eigenvalue weighted by Crippen LogP contribution is -2.11. The van der Waals surface area contributed by atoms with Crippen molar-refractivity contribution in [1.82, 2.24) is 4.90 Å². The molecule has 1 rings (SSSR count). The number of benzene rings is 1. The van der Waals surface area contributed by atoms with Crippen LogP contribution in [0, 0.1) is 6.92 Å². The summed E-state index contributed by atoms with van der Waals surface area (Å²) in [6.45, 7) is 1.88. The zero-order chi connectivity index (χ0) is 13.8. The molecule has 1 aromatic rings. The van der Waals surface area contributed by atoms with Gasteiger partial charge < -0.3 is 10.1 Å². The molecule has 5 nitrogen and oxygen atoms in total. The van der Waals surface area contributed by atoms with Gasteiger partial charge in [-0.25, -0.2) is 8.42 Å². The van der Waals surface area contributed by atoms with Gasteiger partial charge in [-0.15, -0.1) is 0 Å². The third-order valence-electron chi connectivity index (χ3n) is 2.21. The van der Waals surface area contributed by atoms with Gasteiger partial charge in [0, 0.05) is 20.3 Å². The molecule has 0 saturated heterocycles. The third-order valence-corrected chi connectivity index (χ3v) is 3.94. The van der Waals surface area contributed by atoms with Gasteiger partial charge in [-0.05, 0) is 19.1 Å². The molecule has 0 heterocycles. The number of hydrogen-bond donors (Lipinski definition) is 1. The summed E-state index contributed by atoms with van der Waals surface area (Å²) in [4.78, 5) is 1.67. The van der Waals surface area contributed by atoms with Crippen LogP contribution in [0.4, 0.5) is 0 Å². The molecule has 0 aliphatic rings. The van der Waals surface area contributed by atoms with Crippen LogP contribution in [0.15, 0.2) is 45.4 Å². The van der Waals surface area contributed by atoms with Gasteiger partial charge in [0.2, 0.25) is 9.84 Å². The SMILES string of the molecule is Cc1ccc(S(=O)(=O)C(/C=N/O)=C/N(C)C)cc1. The molecule has 0 fully saturated rings. The predicted octanol–water partition coefficient (Wildman–Crippen LogP) is 1.63. The lowest BCUT2D eigenvalue weighted by atomic mass is 10.2. The van der Waals surface area contributed by atoms with Crippen molar-refractivity contribution in [2.75, 3.05) is 14.1 Å². The van der Waals surface area contributed by atoms with E-state index in [1.165, 1.54) is 18.3 Å². The largest absolute Gasteiger partial charge is 0.411 e. The molecule has 0 radical (unpaired) electrons. The minimum Gasteiger partial charge on any atom is -0.411 e. The summed E-state index contributed by atoms with van der Waals surface area (Å²) in [6.07, 6.45) is 2.30. The van der Waals surface area contributed by atoms with Gasteiger partial charge >= 0.3 is 0 Å². The van der Waals surface area contributed by atoms with Crippen LogP contribution in [0.3, 0.4) is 0 Å². The molecule has 0 amide bonds. The second-order valence-corrected chi connectivity index (χ2v) is 6.01. The van der Waals surface area contributed by atoms with Crippen molar-refractivity contribution in [2.45, 2.75) is 11.8 Å². The van der Waals surface area contributed by atoms with Crippen molar-refractivity contribution in [3.63, 3.8) is 0 Å². The Morgan fingerprint density at radius 3 is 2.28 bits per heavy atom. The summed E-state index contributed by atoms with van der Waals surface area (Å²) >= 11 is 0. The average Bonchev–Trinajstić information content (AvgIpc) is 2.28. The first-order chi connectivity index (χ1) is 8.37. The highest BCUT2D eigenvalue weighted by Gasteiger charge is 2.19. The number of rotatable bonds is 4. The van der Waals surface area contributed by atoms with Crippen LogP contribution in [0.5, 0.6) is 0 Å². The highest BCUT2D eigenvalue weighted by molar-refractivity contribution is 7.96. The second kappa shape index (κ2) is 5.68. The van der Waals surface area contributed by atoms with Gasteiger partial charge in [-0.2, -0.15) is 0 Å². The molecule has 18 heavy (non-hydrogen) atoms. The van der Waals surface area contributed by atoms with E-state index in [-0.39, 0.29) is 9.80 Å². The molecule has 0 aromatic heterocycles. The number of oxime groups is 1. The molecular weight excluding hydrogens is 252 g/mol. The van der Waals surface area contributed by atoms with Crippen LogP contribution >= 0.6 is 0 Å². The fourth-order valence-electron chi connectivity index (χ4n) is 1.34. The van der Waals surface area contributed by atoms with E-state index in [4.69, 9.17) is 5.21 Å². The van der Waals surface area contributed by atoms with E-state index in [1.54, 1.807) is 31.1 Å². The predicted molar refractivity (Wildman–Crippen MR) is 70.4 cm³/mol. The number of nitrogens with zero attached hydrogens (tertiary/aromatic N) is 2. The molecule has 0 saturated carbocycles. The van der Waals surface area contributed by atoms with Crippen LogP contribution < -0.4 is 0 Å². The first-order valence-electron chi connectivity index (χ1n) is 5.25. The minimum atomic E-state index is -3.66. The highest BCUT2D eigenvalue weighted by atomic mass is 32.2. The van der Waals surface area contributed by atoms with E-state index >= 15 is 0 Å². The summed E-state index contributed by atoms with van der Waals surface area (Å²) in [7, 11) is -0.284. The third kappa shape index (κ3) is 3.33. The molecular formula is C12H16N2O3S. The first-order valence-corrected chi connectivity index (χ1v) is 6.73. The Bertz CT molecular complexity index is 557. The van der Waals surface area contributed by atoms with Crippen LogP contribution in [0.2, 0.25) is 0 Å². The molecule has 0 aliphatic carbocycles. The van der Waals surface area contributed by atoms with Gasteiger partial charge in [0.05, 0.1) is 11.1 Å². The maximum absolute atomic E-state index is 12.3. The maximum atomic E-state index is 12.3. The summed E-state index contributed by atoms with van der Waals surface area (Å²) in [6, 6.07) is 6.49. The molecule has 0 unspecified atom stereocenters. The van der Waals surface area contributed by atoms with Crippen LogP contribution in [-0.2, 0) is 9.84 Å². The van der Waals surface area contributed by atoms with Gasteiger partial charge in [-0.3, -0.25) is 0 Å². The second-order valence-electron chi connectivity index (χ2n) is 4.06. The molecule has 98 valence electrons. The summed E-state index contributed by atoms with van der Waals surface area (Å²) in [5, 5.41) is 11.3. The van der Waals surface area contributed by atoms with Crippen molar-refractivity contribution in [2.24, 2.45) is 5.16 Å². The summed E-state index contributed by atoms with van der Waals surface area (Å²) in [5.41, 5.74) is 0.975. The van der Waals surface area contributed by atoms with Gasteiger partial charge in [-0.1, -0.05) is 22.9 Å². The summed E-state index contributed by atoms with van der Waals surface area (Å²) < 4.78 is 24.5. The molecule has 0 aliphatic heterocycles. The van der Waals surface area contributed by atoms with Crippen LogP contribution in [0.25, 0.3) is 0 Å². The van der Waals surface area contributed by atoms with Crippen molar-refractivity contribution in [3.05, 3.63) is 40.9 Å². The molecule has 0 spiro atoms. The van der Waals surface area contributed by atoms with E-state index in [0.717, 1.165) is 11.8 Å². The maximum Gasteiger partial charge on any atom is 0.209 e. The smallest absolute Gasteiger partial charge is 0.209 e. The fourth-order valence-corrected chi connectivity index (χ4v) is 2.64. The van der Waals surface area contributed by atoms with E-state index in [2.05, 4.69) is 5.16 Å². The molecule has 1 aromatic carbocycles. The van der Waals surface area contributed by atoms with Crippen molar-refractivity contribution in [1.29, 1.82) is 0 Å². The Kier molecular flexibility index (Phi) is 4.49. The molecule has 1 N–H and O–H groups in total. The van der Waals surface area contributed by atoms with E-state index in [0.29, 0.717) is 0 Å². The zero-order valence-corrected chi connectivity index (χ0v) is 11.3. The topological polar surface area (TPSA) is 70.0 Å². The number of hydrogen-bond acceptors (Lipinski definition) is 5. The standard InChI is InChI=1S/C12H16N2O3S/c1-10-4-6-11(7-5-10)18(16,17)12(8-13-15)9-14(2)3/h4-9,15H,1-3H3/b12-9+,13-8+. The molecule has 0 atom stereocenters. The van der Waals surface area contributed by atoms with E-state index < -0.39 is 9.84 Å². The van der Waals surface area contributed by atoms with Crippen molar-refractivity contribution < 1.29 is 13.6 Å². The van der Waals surface area contributed by atoms with Gasteiger partial charge in [0.25, 0.3) is 0 Å². The van der Waals surface area contributed by atoms with Crippen molar-refractivity contribution >= 4 is 16.1 Å².